The number of hydrogen-bond acceptors (Lipinski definition) is 3. The van der Waals surface area contributed by atoms with Crippen LogP contribution in [0.1, 0.15) is 12.8 Å². The minimum Gasteiger partial charge on any atom is -0.324 e. The maximum atomic E-state index is 12.5. The van der Waals surface area contributed by atoms with Crippen molar-refractivity contribution in [2.24, 2.45) is 7.05 Å². The van der Waals surface area contributed by atoms with Crippen molar-refractivity contribution in [1.82, 2.24) is 19.6 Å². The molecule has 0 radical (unpaired) electrons. The number of hydrogen-bond donors (Lipinski definition) is 1. The van der Waals surface area contributed by atoms with Crippen LogP contribution in [0.3, 0.4) is 0 Å². The lowest BCUT2D eigenvalue weighted by atomic mass is 10.0. The van der Waals surface area contributed by atoms with Gasteiger partial charge < -0.3 is 9.80 Å². The van der Waals surface area contributed by atoms with E-state index in [1.807, 2.05) is 55.4 Å². The Morgan fingerprint density at radius 1 is 1.21 bits per heavy atom. The van der Waals surface area contributed by atoms with E-state index in [0.29, 0.717) is 11.9 Å². The quantitative estimate of drug-likeness (QED) is 0.943. The molecule has 128 valence electrons. The second-order valence-electron chi connectivity index (χ2n) is 6.48. The standard InChI is InChI=1S/C18H25N5O/c1-21-11-9-15(10-12-21)22(2)18(24)19-17-13-16(23(3)20-17)14-7-5-4-6-8-14/h4-8,13,15H,9-12H2,1-3H3,(H,19,20,24). The first kappa shape index (κ1) is 16.5. The molecule has 2 amide bonds. The number of aryl methyl sites for hydroxylation is 1. The summed E-state index contributed by atoms with van der Waals surface area (Å²) in [5.74, 6) is 0.584. The zero-order valence-corrected chi connectivity index (χ0v) is 14.6. The van der Waals surface area contributed by atoms with E-state index in [1.54, 1.807) is 4.68 Å². The van der Waals surface area contributed by atoms with Crippen LogP contribution in [0.5, 0.6) is 0 Å². The van der Waals surface area contributed by atoms with E-state index in [2.05, 4.69) is 22.4 Å². The van der Waals surface area contributed by atoms with Crippen molar-refractivity contribution in [3.63, 3.8) is 0 Å². The third kappa shape index (κ3) is 3.59. The van der Waals surface area contributed by atoms with Gasteiger partial charge in [0.15, 0.2) is 5.82 Å². The summed E-state index contributed by atoms with van der Waals surface area (Å²) in [7, 11) is 5.88. The van der Waals surface area contributed by atoms with Crippen molar-refractivity contribution in [1.29, 1.82) is 0 Å². The fourth-order valence-corrected chi connectivity index (χ4v) is 3.15. The predicted octanol–water partition coefficient (Wildman–Crippen LogP) is 2.65. The van der Waals surface area contributed by atoms with Crippen LogP contribution in [0.4, 0.5) is 10.6 Å². The number of urea groups is 1. The van der Waals surface area contributed by atoms with Crippen LogP contribution in [-0.4, -0.2) is 58.8 Å². The van der Waals surface area contributed by atoms with Crippen LogP contribution in [0.2, 0.25) is 0 Å². The van der Waals surface area contributed by atoms with E-state index in [4.69, 9.17) is 0 Å². The Morgan fingerprint density at radius 3 is 2.54 bits per heavy atom. The fraction of sp³-hybridized carbons (Fsp3) is 0.444. The van der Waals surface area contributed by atoms with Gasteiger partial charge >= 0.3 is 6.03 Å². The van der Waals surface area contributed by atoms with Crippen molar-refractivity contribution in [2.75, 3.05) is 32.5 Å². The molecule has 1 N–H and O–H groups in total. The van der Waals surface area contributed by atoms with Gasteiger partial charge in [0, 0.05) is 26.2 Å². The predicted molar refractivity (Wildman–Crippen MR) is 95.9 cm³/mol. The number of nitrogens with one attached hydrogen (secondary N) is 1. The first-order valence-electron chi connectivity index (χ1n) is 8.36. The van der Waals surface area contributed by atoms with E-state index in [1.165, 1.54) is 0 Å². The summed E-state index contributed by atoms with van der Waals surface area (Å²) in [4.78, 5) is 16.6. The molecule has 0 aliphatic carbocycles. The zero-order chi connectivity index (χ0) is 17.1. The number of aromatic nitrogens is 2. The van der Waals surface area contributed by atoms with Crippen LogP contribution < -0.4 is 5.32 Å². The van der Waals surface area contributed by atoms with Gasteiger partial charge in [0.1, 0.15) is 0 Å². The topological polar surface area (TPSA) is 53.4 Å². The second-order valence-corrected chi connectivity index (χ2v) is 6.48. The number of carbonyl (C=O) groups is 1. The summed E-state index contributed by atoms with van der Waals surface area (Å²) in [6, 6.07) is 12.2. The van der Waals surface area contributed by atoms with E-state index >= 15 is 0 Å². The number of rotatable bonds is 3. The van der Waals surface area contributed by atoms with Gasteiger partial charge in [0.25, 0.3) is 0 Å². The Kier molecular flexibility index (Phi) is 4.85. The third-order valence-electron chi connectivity index (χ3n) is 4.74. The van der Waals surface area contributed by atoms with Crippen molar-refractivity contribution in [3.8, 4) is 11.3 Å². The number of amides is 2. The molecule has 1 fully saturated rings. The molecule has 2 heterocycles. The van der Waals surface area contributed by atoms with Crippen LogP contribution in [0, 0.1) is 0 Å². The van der Waals surface area contributed by atoms with Crippen LogP contribution in [0.25, 0.3) is 11.3 Å². The largest absolute Gasteiger partial charge is 0.324 e. The molecule has 0 bridgehead atoms. The van der Waals surface area contributed by atoms with Crippen molar-refractivity contribution >= 4 is 11.8 Å². The van der Waals surface area contributed by atoms with E-state index < -0.39 is 0 Å². The van der Waals surface area contributed by atoms with Crippen LogP contribution >= 0.6 is 0 Å². The molecule has 1 saturated heterocycles. The van der Waals surface area contributed by atoms with Crippen LogP contribution in [0.15, 0.2) is 36.4 Å². The summed E-state index contributed by atoms with van der Waals surface area (Å²) < 4.78 is 1.79. The number of likely N-dealkylation sites (tertiary alicyclic amines) is 1. The van der Waals surface area contributed by atoms with Crippen LogP contribution in [-0.2, 0) is 7.05 Å². The maximum absolute atomic E-state index is 12.5. The summed E-state index contributed by atoms with van der Waals surface area (Å²) >= 11 is 0. The number of piperidine rings is 1. The fourth-order valence-electron chi connectivity index (χ4n) is 3.15. The highest BCUT2D eigenvalue weighted by Gasteiger charge is 2.24. The molecule has 3 rings (SSSR count). The summed E-state index contributed by atoms with van der Waals surface area (Å²) in [5, 5.41) is 7.34. The van der Waals surface area contributed by atoms with E-state index in [9.17, 15) is 4.79 Å². The van der Waals surface area contributed by atoms with Gasteiger partial charge in [-0.2, -0.15) is 5.10 Å². The van der Waals surface area contributed by atoms with Gasteiger partial charge in [-0.25, -0.2) is 4.79 Å². The van der Waals surface area contributed by atoms with Gasteiger partial charge in [0.2, 0.25) is 0 Å². The molecule has 1 aliphatic rings. The lowest BCUT2D eigenvalue weighted by Gasteiger charge is -2.34. The Morgan fingerprint density at radius 2 is 1.88 bits per heavy atom. The van der Waals surface area contributed by atoms with Crippen molar-refractivity contribution < 1.29 is 4.79 Å². The number of nitrogens with zero attached hydrogens (tertiary/aromatic N) is 4. The third-order valence-corrected chi connectivity index (χ3v) is 4.74. The summed E-state index contributed by atoms with van der Waals surface area (Å²) in [6.07, 6.45) is 2.02. The monoisotopic (exact) mass is 327 g/mol. The zero-order valence-electron chi connectivity index (χ0n) is 14.6. The average molecular weight is 327 g/mol. The lowest BCUT2D eigenvalue weighted by molar-refractivity contribution is 0.156. The number of benzene rings is 1. The Labute approximate surface area is 143 Å². The normalized spacial score (nSPS) is 16.1. The van der Waals surface area contributed by atoms with Crippen molar-refractivity contribution in [2.45, 2.75) is 18.9 Å². The maximum Gasteiger partial charge on any atom is 0.323 e. The molecule has 24 heavy (non-hydrogen) atoms. The van der Waals surface area contributed by atoms with E-state index in [-0.39, 0.29) is 6.03 Å². The number of carbonyl (C=O) groups excluding carboxylic acids is 1. The van der Waals surface area contributed by atoms with Gasteiger partial charge in [-0.3, -0.25) is 10.00 Å². The highest BCUT2D eigenvalue weighted by molar-refractivity contribution is 5.89. The Bertz CT molecular complexity index is 689. The first-order chi connectivity index (χ1) is 11.5. The first-order valence-corrected chi connectivity index (χ1v) is 8.36. The second kappa shape index (κ2) is 7.05. The molecule has 6 nitrogen and oxygen atoms in total. The molecule has 1 aromatic carbocycles. The Balaban J connectivity index is 1.67. The lowest BCUT2D eigenvalue weighted by Crippen LogP contribution is -2.46. The summed E-state index contributed by atoms with van der Waals surface area (Å²) in [6.45, 7) is 2.06. The molecule has 0 saturated carbocycles. The van der Waals surface area contributed by atoms with Gasteiger partial charge in [-0.15, -0.1) is 0 Å². The molecule has 6 heteroatoms. The SMILES string of the molecule is CN1CCC(N(C)C(=O)Nc2cc(-c3ccccc3)n(C)n2)CC1. The molecule has 1 aliphatic heterocycles. The highest BCUT2D eigenvalue weighted by Crippen LogP contribution is 2.22. The minimum atomic E-state index is -0.0951. The molecule has 0 atom stereocenters. The van der Waals surface area contributed by atoms with Gasteiger partial charge in [0.05, 0.1) is 5.69 Å². The summed E-state index contributed by atoms with van der Waals surface area (Å²) in [5.41, 5.74) is 2.06. The average Bonchev–Trinajstić information content (AvgIpc) is 2.96. The molecular formula is C18H25N5O. The van der Waals surface area contributed by atoms with Gasteiger partial charge in [-0.05, 0) is 38.5 Å². The highest BCUT2D eigenvalue weighted by atomic mass is 16.2. The molecule has 1 aromatic heterocycles. The molecular weight excluding hydrogens is 302 g/mol. The minimum absolute atomic E-state index is 0.0951. The molecule has 0 spiro atoms. The van der Waals surface area contributed by atoms with Crippen molar-refractivity contribution in [3.05, 3.63) is 36.4 Å². The van der Waals surface area contributed by atoms with Gasteiger partial charge in [-0.1, -0.05) is 30.3 Å². The van der Waals surface area contributed by atoms with E-state index in [0.717, 1.165) is 37.2 Å². The number of anilines is 1. The molecule has 0 unspecified atom stereocenters. The smallest absolute Gasteiger partial charge is 0.323 e. The Hall–Kier alpha value is -2.34. The molecule has 2 aromatic rings.